The third-order valence-corrected chi connectivity index (χ3v) is 6.20. The maximum absolute atomic E-state index is 11.6. The summed E-state index contributed by atoms with van der Waals surface area (Å²) in [6.07, 6.45) is 2.97. The molecule has 2 aliphatic heterocycles. The summed E-state index contributed by atoms with van der Waals surface area (Å²) in [5, 5.41) is 9.31. The van der Waals surface area contributed by atoms with E-state index >= 15 is 0 Å². The minimum absolute atomic E-state index is 0.205. The first kappa shape index (κ1) is 14.4. The SMILES string of the molecule is O=C(O)c1cccc2c1CCCN2C1CCS(=O)(=O)CC1. The zero-order chi connectivity index (χ0) is 15.0. The van der Waals surface area contributed by atoms with Crippen LogP contribution in [0.15, 0.2) is 18.2 Å². The number of carbonyl (C=O) groups is 1. The van der Waals surface area contributed by atoms with Crippen LogP contribution in [0.1, 0.15) is 35.2 Å². The van der Waals surface area contributed by atoms with Gasteiger partial charge >= 0.3 is 5.97 Å². The van der Waals surface area contributed by atoms with Gasteiger partial charge in [-0.15, -0.1) is 0 Å². The van der Waals surface area contributed by atoms with Gasteiger partial charge in [-0.2, -0.15) is 0 Å². The third-order valence-electron chi connectivity index (χ3n) is 4.48. The van der Waals surface area contributed by atoms with Gasteiger partial charge in [0.05, 0.1) is 17.1 Å². The predicted octanol–water partition coefficient (Wildman–Crippen LogP) is 1.71. The number of anilines is 1. The van der Waals surface area contributed by atoms with Gasteiger partial charge in [0.25, 0.3) is 0 Å². The van der Waals surface area contributed by atoms with Crippen molar-refractivity contribution in [3.05, 3.63) is 29.3 Å². The average molecular weight is 309 g/mol. The highest BCUT2D eigenvalue weighted by molar-refractivity contribution is 7.91. The van der Waals surface area contributed by atoms with Crippen molar-refractivity contribution in [2.45, 2.75) is 31.7 Å². The monoisotopic (exact) mass is 309 g/mol. The van der Waals surface area contributed by atoms with E-state index in [0.29, 0.717) is 18.4 Å². The number of fused-ring (bicyclic) bond motifs is 1. The molecule has 0 radical (unpaired) electrons. The van der Waals surface area contributed by atoms with Gasteiger partial charge in [0.15, 0.2) is 0 Å². The number of hydrogen-bond donors (Lipinski definition) is 1. The highest BCUT2D eigenvalue weighted by Gasteiger charge is 2.31. The highest BCUT2D eigenvalue weighted by atomic mass is 32.2. The fourth-order valence-corrected chi connectivity index (χ4v) is 4.89. The van der Waals surface area contributed by atoms with Gasteiger partial charge in [0, 0.05) is 18.3 Å². The van der Waals surface area contributed by atoms with E-state index in [1.54, 1.807) is 12.1 Å². The molecule has 1 N–H and O–H groups in total. The van der Waals surface area contributed by atoms with Gasteiger partial charge in [-0.1, -0.05) is 6.07 Å². The molecule has 1 saturated heterocycles. The van der Waals surface area contributed by atoms with Gasteiger partial charge in [-0.3, -0.25) is 0 Å². The van der Waals surface area contributed by atoms with E-state index < -0.39 is 15.8 Å². The summed E-state index contributed by atoms with van der Waals surface area (Å²) in [6, 6.07) is 5.59. The lowest BCUT2D eigenvalue weighted by molar-refractivity contribution is 0.0695. The molecule has 2 heterocycles. The van der Waals surface area contributed by atoms with Crippen molar-refractivity contribution in [2.75, 3.05) is 23.0 Å². The fourth-order valence-electron chi connectivity index (χ4n) is 3.42. The van der Waals surface area contributed by atoms with Crippen molar-refractivity contribution in [3.8, 4) is 0 Å². The Balaban J connectivity index is 1.91. The summed E-state index contributed by atoms with van der Waals surface area (Å²) >= 11 is 0. The molecular formula is C15H19NO4S. The largest absolute Gasteiger partial charge is 0.478 e. The van der Waals surface area contributed by atoms with Crippen molar-refractivity contribution in [1.82, 2.24) is 0 Å². The van der Waals surface area contributed by atoms with E-state index in [0.717, 1.165) is 30.6 Å². The Morgan fingerprint density at radius 1 is 1.24 bits per heavy atom. The minimum atomic E-state index is -2.87. The van der Waals surface area contributed by atoms with Crippen molar-refractivity contribution < 1.29 is 18.3 Å². The Morgan fingerprint density at radius 2 is 1.95 bits per heavy atom. The quantitative estimate of drug-likeness (QED) is 0.900. The van der Waals surface area contributed by atoms with E-state index in [4.69, 9.17) is 0 Å². The molecule has 1 fully saturated rings. The predicted molar refractivity (Wildman–Crippen MR) is 80.7 cm³/mol. The molecule has 0 saturated carbocycles. The normalized spacial score (nSPS) is 21.8. The molecule has 114 valence electrons. The number of carboxylic acid groups (broad SMARTS) is 1. The van der Waals surface area contributed by atoms with Crippen LogP contribution in [0.5, 0.6) is 0 Å². The molecule has 0 spiro atoms. The first-order valence-corrected chi connectivity index (χ1v) is 9.12. The summed E-state index contributed by atoms with van der Waals surface area (Å²) < 4.78 is 23.1. The summed E-state index contributed by atoms with van der Waals surface area (Å²) in [7, 11) is -2.87. The molecular weight excluding hydrogens is 290 g/mol. The molecule has 0 atom stereocenters. The lowest BCUT2D eigenvalue weighted by atomic mass is 9.94. The Labute approximate surface area is 124 Å². The van der Waals surface area contributed by atoms with Crippen LogP contribution in [0, 0.1) is 0 Å². The molecule has 0 aromatic heterocycles. The Kier molecular flexibility index (Phi) is 3.65. The van der Waals surface area contributed by atoms with Crippen LogP contribution in [0.2, 0.25) is 0 Å². The summed E-state index contributed by atoms with van der Waals surface area (Å²) in [4.78, 5) is 13.6. The van der Waals surface area contributed by atoms with Crippen molar-refractivity contribution in [2.24, 2.45) is 0 Å². The number of aromatic carboxylic acids is 1. The zero-order valence-corrected chi connectivity index (χ0v) is 12.6. The third kappa shape index (κ3) is 2.77. The molecule has 0 bridgehead atoms. The van der Waals surface area contributed by atoms with E-state index in [9.17, 15) is 18.3 Å². The van der Waals surface area contributed by atoms with E-state index in [1.807, 2.05) is 6.07 Å². The molecule has 5 nitrogen and oxygen atoms in total. The topological polar surface area (TPSA) is 74.7 Å². The van der Waals surface area contributed by atoms with Crippen molar-refractivity contribution >= 4 is 21.5 Å². The van der Waals surface area contributed by atoms with Crippen LogP contribution in [0.3, 0.4) is 0 Å². The van der Waals surface area contributed by atoms with E-state index in [-0.39, 0.29) is 17.5 Å². The maximum Gasteiger partial charge on any atom is 0.336 e. The molecule has 21 heavy (non-hydrogen) atoms. The zero-order valence-electron chi connectivity index (χ0n) is 11.8. The molecule has 6 heteroatoms. The molecule has 0 aliphatic carbocycles. The van der Waals surface area contributed by atoms with Crippen molar-refractivity contribution in [1.29, 1.82) is 0 Å². The second-order valence-corrected chi connectivity index (χ2v) is 8.09. The summed E-state index contributed by atoms with van der Waals surface area (Å²) in [6.45, 7) is 0.876. The Morgan fingerprint density at radius 3 is 2.62 bits per heavy atom. The second kappa shape index (κ2) is 5.33. The van der Waals surface area contributed by atoms with Gasteiger partial charge in [-0.25, -0.2) is 13.2 Å². The summed E-state index contributed by atoms with van der Waals surface area (Å²) in [5.41, 5.74) is 2.25. The van der Waals surface area contributed by atoms with Gasteiger partial charge < -0.3 is 10.0 Å². The van der Waals surface area contributed by atoms with Crippen LogP contribution < -0.4 is 4.90 Å². The van der Waals surface area contributed by atoms with Crippen molar-refractivity contribution in [3.63, 3.8) is 0 Å². The summed E-state index contributed by atoms with van der Waals surface area (Å²) in [5.74, 6) is -0.413. The number of sulfone groups is 1. The molecule has 0 amide bonds. The Bertz CT molecular complexity index is 654. The van der Waals surface area contributed by atoms with Crippen LogP contribution in [-0.4, -0.2) is 43.6 Å². The molecule has 0 unspecified atom stereocenters. The number of carboxylic acids is 1. The molecule has 2 aliphatic rings. The first-order valence-electron chi connectivity index (χ1n) is 7.30. The first-order chi connectivity index (χ1) is 9.98. The smallest absolute Gasteiger partial charge is 0.336 e. The molecule has 1 aromatic carbocycles. The van der Waals surface area contributed by atoms with Crippen LogP contribution in [0.4, 0.5) is 5.69 Å². The number of rotatable bonds is 2. The lowest BCUT2D eigenvalue weighted by Crippen LogP contribution is -2.44. The van der Waals surface area contributed by atoms with Crippen LogP contribution in [0.25, 0.3) is 0 Å². The van der Waals surface area contributed by atoms with E-state index in [2.05, 4.69) is 4.90 Å². The number of hydrogen-bond acceptors (Lipinski definition) is 4. The fraction of sp³-hybridized carbons (Fsp3) is 0.533. The Hall–Kier alpha value is -1.56. The standard InChI is InChI=1S/C15H19NO4S/c17-15(18)13-3-1-5-14-12(13)4-2-8-16(14)11-6-9-21(19,20)10-7-11/h1,3,5,11H,2,4,6-10H2,(H,17,18). The van der Waals surface area contributed by atoms with Gasteiger partial charge in [0.2, 0.25) is 0 Å². The molecule has 1 aromatic rings. The average Bonchev–Trinajstić information content (AvgIpc) is 2.46. The second-order valence-electron chi connectivity index (χ2n) is 5.79. The maximum atomic E-state index is 11.6. The van der Waals surface area contributed by atoms with Gasteiger partial charge in [-0.05, 0) is 43.4 Å². The molecule has 3 rings (SSSR count). The minimum Gasteiger partial charge on any atom is -0.478 e. The van der Waals surface area contributed by atoms with Crippen LogP contribution in [-0.2, 0) is 16.3 Å². The van der Waals surface area contributed by atoms with Crippen LogP contribution >= 0.6 is 0 Å². The lowest BCUT2D eigenvalue weighted by Gasteiger charge is -2.40. The number of benzene rings is 1. The van der Waals surface area contributed by atoms with Gasteiger partial charge in [0.1, 0.15) is 9.84 Å². The van der Waals surface area contributed by atoms with E-state index in [1.165, 1.54) is 0 Å². The number of nitrogens with zero attached hydrogens (tertiary/aromatic N) is 1. The highest BCUT2D eigenvalue weighted by Crippen LogP contribution is 2.34.